The lowest BCUT2D eigenvalue weighted by molar-refractivity contribution is 0.693. The minimum Gasteiger partial charge on any atom is -0.247 e. The molecule has 1 aliphatic rings. The van der Waals surface area contributed by atoms with E-state index < -0.39 is 0 Å². The molecule has 0 spiro atoms. The van der Waals surface area contributed by atoms with Crippen LogP contribution in [0.3, 0.4) is 0 Å². The van der Waals surface area contributed by atoms with E-state index >= 15 is 0 Å². The summed E-state index contributed by atoms with van der Waals surface area (Å²) in [5, 5.41) is 8.60. The quantitative estimate of drug-likeness (QED) is 0.641. The number of fused-ring (bicyclic) bond motifs is 3. The molecular weight excluding hydrogens is 318 g/mol. The Morgan fingerprint density at radius 3 is 2.35 bits per heavy atom. The fraction of sp³-hybridized carbons (Fsp3) is 0.391. The molecule has 0 N–H and O–H groups in total. The smallest absolute Gasteiger partial charge is 0.121 e. The van der Waals surface area contributed by atoms with E-state index in [0.29, 0.717) is 5.92 Å². The molecule has 1 aromatic heterocycles. The zero-order valence-electron chi connectivity index (χ0n) is 17.2. The van der Waals surface area contributed by atoms with Crippen LogP contribution in [0, 0.1) is 5.92 Å². The molecule has 26 heavy (non-hydrogen) atoms. The Labute approximate surface area is 159 Å². The van der Waals surface area contributed by atoms with E-state index in [1.165, 1.54) is 23.1 Å². The summed E-state index contributed by atoms with van der Waals surface area (Å²) >= 11 is 0. The van der Waals surface area contributed by atoms with Crippen LogP contribution < -0.4 is 0 Å². The number of benzene rings is 1. The fourth-order valence-electron chi connectivity index (χ4n) is 3.14. The highest BCUT2D eigenvalue weighted by Crippen LogP contribution is 2.38. The first kappa shape index (κ1) is 21.6. The average molecular weight is 352 g/mol. The van der Waals surface area contributed by atoms with Gasteiger partial charge in [0.15, 0.2) is 0 Å². The minimum absolute atomic E-state index is 0.367. The lowest BCUT2D eigenvalue weighted by atomic mass is 9.83. The molecule has 0 saturated heterocycles. The molecule has 0 saturated carbocycles. The average Bonchev–Trinajstić information content (AvgIpc) is 3.02. The van der Waals surface area contributed by atoms with Gasteiger partial charge < -0.3 is 0 Å². The second kappa shape index (κ2) is 10.5. The van der Waals surface area contributed by atoms with Crippen LogP contribution in [0.1, 0.15) is 52.3 Å². The lowest BCUT2D eigenvalue weighted by Gasteiger charge is -2.22. The first-order valence-corrected chi connectivity index (χ1v) is 9.56. The summed E-state index contributed by atoms with van der Waals surface area (Å²) in [7, 11) is 1.93. The predicted octanol–water partition coefficient (Wildman–Crippen LogP) is 6.24. The van der Waals surface area contributed by atoms with Crippen molar-refractivity contribution in [3.05, 3.63) is 66.4 Å². The molecule has 0 aliphatic heterocycles. The van der Waals surface area contributed by atoms with Gasteiger partial charge in [-0.15, -0.1) is 5.10 Å². The van der Waals surface area contributed by atoms with Crippen molar-refractivity contribution in [1.82, 2.24) is 15.0 Å². The van der Waals surface area contributed by atoms with Crippen molar-refractivity contribution in [3.63, 3.8) is 0 Å². The van der Waals surface area contributed by atoms with Crippen LogP contribution in [0.5, 0.6) is 0 Å². The van der Waals surface area contributed by atoms with Crippen LogP contribution in [0.2, 0.25) is 0 Å². The molecule has 1 heterocycles. The van der Waals surface area contributed by atoms with E-state index in [-0.39, 0.29) is 0 Å². The molecule has 3 rings (SSSR count). The summed E-state index contributed by atoms with van der Waals surface area (Å²) in [5.74, 6) is 0.367. The third kappa shape index (κ3) is 4.40. The molecule has 3 heteroatoms. The van der Waals surface area contributed by atoms with Crippen LogP contribution in [0.25, 0.3) is 16.8 Å². The molecule has 1 unspecified atom stereocenters. The first-order chi connectivity index (χ1) is 12.6. The van der Waals surface area contributed by atoms with E-state index in [9.17, 15) is 0 Å². The molecule has 140 valence electrons. The number of allylic oxidation sites excluding steroid dienone is 4. The maximum atomic E-state index is 4.38. The van der Waals surface area contributed by atoms with Gasteiger partial charge in [-0.2, -0.15) is 0 Å². The summed E-state index contributed by atoms with van der Waals surface area (Å²) < 4.78 is 1.84. The second-order valence-corrected chi connectivity index (χ2v) is 6.16. The summed E-state index contributed by atoms with van der Waals surface area (Å²) in [4.78, 5) is 0. The Morgan fingerprint density at radius 2 is 1.77 bits per heavy atom. The Morgan fingerprint density at radius 1 is 1.15 bits per heavy atom. The van der Waals surface area contributed by atoms with Crippen molar-refractivity contribution in [2.75, 3.05) is 0 Å². The summed E-state index contributed by atoms with van der Waals surface area (Å²) in [6, 6.07) is 8.47. The third-order valence-electron chi connectivity index (χ3n) is 4.15. The van der Waals surface area contributed by atoms with Gasteiger partial charge in [0, 0.05) is 18.2 Å². The monoisotopic (exact) mass is 351 g/mol. The third-order valence-corrected chi connectivity index (χ3v) is 4.15. The topological polar surface area (TPSA) is 30.7 Å². The van der Waals surface area contributed by atoms with Crippen LogP contribution in [0.4, 0.5) is 0 Å². The normalized spacial score (nSPS) is 17.8. The molecule has 1 atom stereocenters. The number of hydrogen-bond acceptors (Lipinski definition) is 2. The number of rotatable bonds is 2. The number of hydrogen-bond donors (Lipinski definition) is 0. The van der Waals surface area contributed by atoms with Crippen molar-refractivity contribution in [2.45, 2.75) is 47.5 Å². The van der Waals surface area contributed by atoms with Gasteiger partial charge >= 0.3 is 0 Å². The molecule has 0 bridgehead atoms. The number of aromatic nitrogens is 3. The molecular formula is C23H33N3. The van der Waals surface area contributed by atoms with Gasteiger partial charge in [-0.05, 0) is 23.5 Å². The standard InChI is InChI=1S/C18H19N3.C3H8.C2H6/c1-5-14-12(3)11-13-9-7-8-10-16(13)18-17(15(14)6-2)19-20-21(18)4;1-3-2;1-2/h5-10,12H,1-2,11H2,3-4H3;3H2,1-2H3;1-2H3/b15-14-;;. The SMILES string of the molecule is C=C/C1=C(\C=C)C(C)Cc2ccccc2-c2c1nnn2C.CC.CCC. The zero-order chi connectivity index (χ0) is 19.7. The zero-order valence-corrected chi connectivity index (χ0v) is 17.2. The van der Waals surface area contributed by atoms with Gasteiger partial charge in [-0.3, -0.25) is 0 Å². The van der Waals surface area contributed by atoms with Crippen LogP contribution in [-0.4, -0.2) is 15.0 Å². The molecule has 3 nitrogen and oxygen atoms in total. The Balaban J connectivity index is 0.000000615. The van der Waals surface area contributed by atoms with Crippen molar-refractivity contribution >= 4 is 5.57 Å². The molecule has 2 aromatic rings. The fourth-order valence-corrected chi connectivity index (χ4v) is 3.14. The molecule has 0 amide bonds. The van der Waals surface area contributed by atoms with Crippen LogP contribution in [-0.2, 0) is 13.5 Å². The molecule has 0 fully saturated rings. The van der Waals surface area contributed by atoms with Crippen molar-refractivity contribution in [3.8, 4) is 11.3 Å². The second-order valence-electron chi connectivity index (χ2n) is 6.16. The lowest BCUT2D eigenvalue weighted by Crippen LogP contribution is -2.10. The highest BCUT2D eigenvalue weighted by molar-refractivity contribution is 5.86. The van der Waals surface area contributed by atoms with E-state index in [1.54, 1.807) is 0 Å². The van der Waals surface area contributed by atoms with Gasteiger partial charge in [0.05, 0.1) is 5.69 Å². The van der Waals surface area contributed by atoms with Crippen LogP contribution in [0.15, 0.2) is 55.1 Å². The van der Waals surface area contributed by atoms with E-state index in [1.807, 2.05) is 37.7 Å². The highest BCUT2D eigenvalue weighted by atomic mass is 15.4. The highest BCUT2D eigenvalue weighted by Gasteiger charge is 2.24. The van der Waals surface area contributed by atoms with E-state index in [4.69, 9.17) is 0 Å². The Kier molecular flexibility index (Phi) is 8.77. The van der Waals surface area contributed by atoms with Crippen LogP contribution >= 0.6 is 0 Å². The van der Waals surface area contributed by atoms with Gasteiger partial charge in [0.25, 0.3) is 0 Å². The largest absolute Gasteiger partial charge is 0.247 e. The Bertz CT molecular complexity index is 766. The van der Waals surface area contributed by atoms with Gasteiger partial charge in [0.1, 0.15) is 5.69 Å². The van der Waals surface area contributed by atoms with Gasteiger partial charge in [-0.1, -0.05) is 95.8 Å². The predicted molar refractivity (Wildman–Crippen MR) is 114 cm³/mol. The van der Waals surface area contributed by atoms with Gasteiger partial charge in [0.2, 0.25) is 0 Å². The maximum Gasteiger partial charge on any atom is 0.121 e. The summed E-state index contributed by atoms with van der Waals surface area (Å²) in [6.07, 6.45) is 6.02. The molecule has 1 aromatic carbocycles. The molecule has 1 aliphatic carbocycles. The summed E-state index contributed by atoms with van der Waals surface area (Å²) in [6.45, 7) is 18.4. The van der Waals surface area contributed by atoms with Crippen molar-refractivity contribution in [2.24, 2.45) is 13.0 Å². The maximum absolute atomic E-state index is 4.38. The van der Waals surface area contributed by atoms with Crippen molar-refractivity contribution < 1.29 is 0 Å². The number of aryl methyl sites for hydroxylation is 1. The Hall–Kier alpha value is -2.42. The van der Waals surface area contributed by atoms with E-state index in [0.717, 1.165) is 23.4 Å². The van der Waals surface area contributed by atoms with E-state index in [2.05, 4.69) is 68.5 Å². The van der Waals surface area contributed by atoms with Crippen molar-refractivity contribution in [1.29, 1.82) is 0 Å². The number of nitrogens with zero attached hydrogens (tertiary/aromatic N) is 3. The first-order valence-electron chi connectivity index (χ1n) is 9.56. The van der Waals surface area contributed by atoms with Gasteiger partial charge in [-0.25, -0.2) is 4.68 Å². The summed E-state index contributed by atoms with van der Waals surface area (Å²) in [5.41, 5.74) is 6.68. The molecule has 0 radical (unpaired) electrons. The minimum atomic E-state index is 0.367.